The normalized spacial score (nSPS) is 23.9. The molecular formula is C17H23BrN2O3. The molecule has 23 heavy (non-hydrogen) atoms. The number of nitrogens with zero attached hydrogens (tertiary/aromatic N) is 1. The Bertz CT molecular complexity index is 539. The molecule has 2 saturated heterocycles. The van der Waals surface area contributed by atoms with Crippen molar-refractivity contribution in [3.05, 3.63) is 22.2 Å². The van der Waals surface area contributed by atoms with Gasteiger partial charge in [0.2, 0.25) is 6.79 Å². The predicted octanol–water partition coefficient (Wildman–Crippen LogP) is 2.55. The minimum Gasteiger partial charge on any atom is -0.454 e. The maximum Gasteiger partial charge on any atom is 0.231 e. The van der Waals surface area contributed by atoms with Crippen LogP contribution in [0.2, 0.25) is 0 Å². The smallest absolute Gasteiger partial charge is 0.231 e. The summed E-state index contributed by atoms with van der Waals surface area (Å²) < 4.78 is 17.8. The van der Waals surface area contributed by atoms with Crippen molar-refractivity contribution in [1.29, 1.82) is 0 Å². The van der Waals surface area contributed by atoms with Gasteiger partial charge in [-0.1, -0.05) is 15.9 Å². The molecule has 0 amide bonds. The highest BCUT2D eigenvalue weighted by Gasteiger charge is 2.33. The van der Waals surface area contributed by atoms with Gasteiger partial charge in [0.1, 0.15) is 0 Å². The van der Waals surface area contributed by atoms with Crippen LogP contribution in [0.3, 0.4) is 0 Å². The van der Waals surface area contributed by atoms with Crippen LogP contribution < -0.4 is 14.8 Å². The van der Waals surface area contributed by atoms with Crippen LogP contribution in [0, 0.1) is 5.92 Å². The summed E-state index contributed by atoms with van der Waals surface area (Å²) in [6.45, 7) is 6.35. The van der Waals surface area contributed by atoms with Crippen LogP contribution in [-0.2, 0) is 4.74 Å². The van der Waals surface area contributed by atoms with Gasteiger partial charge in [-0.3, -0.25) is 4.90 Å². The maximum absolute atomic E-state index is 5.62. The fourth-order valence-electron chi connectivity index (χ4n) is 3.90. The van der Waals surface area contributed by atoms with Gasteiger partial charge in [-0.15, -0.1) is 0 Å². The quantitative estimate of drug-likeness (QED) is 0.869. The largest absolute Gasteiger partial charge is 0.454 e. The molecule has 0 aromatic heterocycles. The molecule has 0 unspecified atom stereocenters. The number of nitrogens with one attached hydrogen (secondary N) is 1. The van der Waals surface area contributed by atoms with Crippen LogP contribution in [0.1, 0.15) is 24.4 Å². The number of piperazine rings is 1. The molecule has 0 saturated carbocycles. The molecule has 0 bridgehead atoms. The molecule has 2 fully saturated rings. The Balaban J connectivity index is 1.68. The van der Waals surface area contributed by atoms with Crippen LogP contribution in [0.25, 0.3) is 0 Å². The van der Waals surface area contributed by atoms with Gasteiger partial charge in [0.25, 0.3) is 0 Å². The average molecular weight is 383 g/mol. The molecule has 0 radical (unpaired) electrons. The minimum absolute atomic E-state index is 0.320. The number of ether oxygens (including phenoxy) is 3. The van der Waals surface area contributed by atoms with Crippen molar-refractivity contribution >= 4 is 15.9 Å². The van der Waals surface area contributed by atoms with E-state index in [0.717, 1.165) is 68.2 Å². The van der Waals surface area contributed by atoms with E-state index in [1.807, 2.05) is 0 Å². The minimum atomic E-state index is 0.320. The number of rotatable bonds is 3. The van der Waals surface area contributed by atoms with Crippen molar-refractivity contribution in [2.45, 2.75) is 18.9 Å². The van der Waals surface area contributed by atoms with E-state index >= 15 is 0 Å². The van der Waals surface area contributed by atoms with Gasteiger partial charge < -0.3 is 19.5 Å². The fraction of sp³-hybridized carbons (Fsp3) is 0.647. The molecule has 1 aromatic rings. The van der Waals surface area contributed by atoms with Gasteiger partial charge >= 0.3 is 0 Å². The Morgan fingerprint density at radius 2 is 1.78 bits per heavy atom. The molecule has 4 rings (SSSR count). The molecule has 1 atom stereocenters. The number of hydrogen-bond acceptors (Lipinski definition) is 5. The van der Waals surface area contributed by atoms with E-state index in [2.05, 4.69) is 38.3 Å². The zero-order valence-corrected chi connectivity index (χ0v) is 14.8. The third-order valence-electron chi connectivity index (χ3n) is 5.07. The molecule has 3 aliphatic heterocycles. The van der Waals surface area contributed by atoms with E-state index < -0.39 is 0 Å². The third-order valence-corrected chi connectivity index (χ3v) is 5.75. The summed E-state index contributed by atoms with van der Waals surface area (Å²) in [5.41, 5.74) is 1.32. The molecule has 1 N–H and O–H groups in total. The zero-order chi connectivity index (χ0) is 15.6. The van der Waals surface area contributed by atoms with Gasteiger partial charge in [-0.05, 0) is 36.5 Å². The highest BCUT2D eigenvalue weighted by molar-refractivity contribution is 9.10. The SMILES string of the molecule is Brc1cc2c(cc1[C@H](C1CCOCC1)N1CCNCC1)OCO2. The molecule has 1 aromatic carbocycles. The lowest BCUT2D eigenvalue weighted by Gasteiger charge is -2.41. The van der Waals surface area contributed by atoms with Crippen LogP contribution in [0.4, 0.5) is 0 Å². The van der Waals surface area contributed by atoms with Crippen LogP contribution in [-0.4, -0.2) is 51.1 Å². The van der Waals surface area contributed by atoms with Crippen LogP contribution in [0.15, 0.2) is 16.6 Å². The first-order valence-electron chi connectivity index (χ1n) is 8.44. The predicted molar refractivity (Wildman–Crippen MR) is 91.0 cm³/mol. The second kappa shape index (κ2) is 6.97. The summed E-state index contributed by atoms with van der Waals surface area (Å²) in [6.07, 6.45) is 2.24. The number of halogens is 1. The molecule has 3 heterocycles. The lowest BCUT2D eigenvalue weighted by molar-refractivity contribution is 0.0210. The highest BCUT2D eigenvalue weighted by Crippen LogP contribution is 2.44. The third kappa shape index (κ3) is 3.22. The van der Waals surface area contributed by atoms with Gasteiger partial charge in [-0.25, -0.2) is 0 Å². The topological polar surface area (TPSA) is 43.0 Å². The monoisotopic (exact) mass is 382 g/mol. The first-order chi connectivity index (χ1) is 11.3. The van der Waals surface area contributed by atoms with Gasteiger partial charge in [0, 0.05) is 49.9 Å². The first kappa shape index (κ1) is 15.7. The molecular weight excluding hydrogens is 360 g/mol. The zero-order valence-electron chi connectivity index (χ0n) is 13.2. The van der Waals surface area contributed by atoms with E-state index in [1.54, 1.807) is 0 Å². The molecule has 3 aliphatic rings. The van der Waals surface area contributed by atoms with Crippen molar-refractivity contribution < 1.29 is 14.2 Å². The highest BCUT2D eigenvalue weighted by atomic mass is 79.9. The maximum atomic E-state index is 5.62. The van der Waals surface area contributed by atoms with E-state index in [9.17, 15) is 0 Å². The number of benzene rings is 1. The number of fused-ring (bicyclic) bond motifs is 1. The standard InChI is InChI=1S/C17H23BrN2O3/c18-14-10-16-15(22-11-23-16)9-13(14)17(12-1-7-21-8-2-12)20-5-3-19-4-6-20/h9-10,12,17,19H,1-8,11H2/t17-/m0/s1. The second-order valence-electron chi connectivity index (χ2n) is 6.41. The Morgan fingerprint density at radius 3 is 2.52 bits per heavy atom. The average Bonchev–Trinajstić information content (AvgIpc) is 3.04. The van der Waals surface area contributed by atoms with Gasteiger partial charge in [-0.2, -0.15) is 0 Å². The van der Waals surface area contributed by atoms with Crippen molar-refractivity contribution in [3.63, 3.8) is 0 Å². The summed E-state index contributed by atoms with van der Waals surface area (Å²) in [5, 5.41) is 3.46. The van der Waals surface area contributed by atoms with Gasteiger partial charge in [0.05, 0.1) is 0 Å². The van der Waals surface area contributed by atoms with Crippen molar-refractivity contribution in [1.82, 2.24) is 10.2 Å². The summed E-state index contributed by atoms with van der Waals surface area (Å²) in [6, 6.07) is 4.64. The number of hydrogen-bond donors (Lipinski definition) is 1. The first-order valence-corrected chi connectivity index (χ1v) is 9.24. The van der Waals surface area contributed by atoms with E-state index in [-0.39, 0.29) is 0 Å². The van der Waals surface area contributed by atoms with Crippen molar-refractivity contribution in [3.8, 4) is 11.5 Å². The van der Waals surface area contributed by atoms with Gasteiger partial charge in [0.15, 0.2) is 11.5 Å². The Morgan fingerprint density at radius 1 is 1.09 bits per heavy atom. The lowest BCUT2D eigenvalue weighted by Crippen LogP contribution is -2.47. The second-order valence-corrected chi connectivity index (χ2v) is 7.26. The summed E-state index contributed by atoms with van der Waals surface area (Å²) in [4.78, 5) is 2.62. The van der Waals surface area contributed by atoms with Crippen LogP contribution in [0.5, 0.6) is 11.5 Å². The van der Waals surface area contributed by atoms with E-state index in [1.165, 1.54) is 5.56 Å². The molecule has 0 aliphatic carbocycles. The molecule has 0 spiro atoms. The Labute approximate surface area is 145 Å². The fourth-order valence-corrected chi connectivity index (χ4v) is 4.46. The van der Waals surface area contributed by atoms with Crippen molar-refractivity contribution in [2.24, 2.45) is 5.92 Å². The molecule has 5 nitrogen and oxygen atoms in total. The summed E-state index contributed by atoms with van der Waals surface area (Å²) >= 11 is 3.77. The van der Waals surface area contributed by atoms with E-state index in [4.69, 9.17) is 14.2 Å². The lowest BCUT2D eigenvalue weighted by atomic mass is 9.85. The van der Waals surface area contributed by atoms with Crippen molar-refractivity contribution in [2.75, 3.05) is 46.2 Å². The van der Waals surface area contributed by atoms with Crippen LogP contribution >= 0.6 is 15.9 Å². The summed E-state index contributed by atoms with van der Waals surface area (Å²) in [7, 11) is 0. The summed E-state index contributed by atoms with van der Waals surface area (Å²) in [5.74, 6) is 2.33. The Hall–Kier alpha value is -0.820. The Kier molecular flexibility index (Phi) is 4.76. The van der Waals surface area contributed by atoms with E-state index in [0.29, 0.717) is 18.8 Å². The molecule has 6 heteroatoms. The molecule has 126 valence electrons.